The Morgan fingerprint density at radius 2 is 1.79 bits per heavy atom. The largest absolute Gasteiger partial charge is 0.368 e. The van der Waals surface area contributed by atoms with Crippen molar-refractivity contribution in [2.75, 3.05) is 42.5 Å². The Hall–Kier alpha value is -2.53. The Bertz CT molecular complexity index is 937. The third-order valence-electron chi connectivity index (χ3n) is 5.89. The zero-order valence-corrected chi connectivity index (χ0v) is 17.7. The first-order valence-electron chi connectivity index (χ1n) is 10.1. The molecule has 2 aliphatic rings. The van der Waals surface area contributed by atoms with Gasteiger partial charge in [-0.1, -0.05) is 29.8 Å². The number of aryl methyl sites for hydroxylation is 2. The molecule has 0 bridgehead atoms. The summed E-state index contributed by atoms with van der Waals surface area (Å²) in [6, 6.07) is 13.9. The minimum atomic E-state index is -0.264. The van der Waals surface area contributed by atoms with Crippen LogP contribution in [0.25, 0.3) is 0 Å². The number of piperazine rings is 1. The fourth-order valence-electron chi connectivity index (χ4n) is 4.23. The fraction of sp³-hybridized carbons (Fsp3) is 0.391. The topological polar surface area (TPSA) is 43.9 Å². The van der Waals surface area contributed by atoms with Crippen LogP contribution >= 0.6 is 11.6 Å². The van der Waals surface area contributed by atoms with E-state index in [4.69, 9.17) is 11.6 Å². The molecule has 152 valence electrons. The third-order valence-corrected chi connectivity index (χ3v) is 6.13. The lowest BCUT2D eigenvalue weighted by atomic mass is 10.1. The summed E-state index contributed by atoms with van der Waals surface area (Å²) in [4.78, 5) is 31.7. The van der Waals surface area contributed by atoms with Crippen LogP contribution in [0.2, 0.25) is 5.02 Å². The molecule has 2 aromatic rings. The van der Waals surface area contributed by atoms with Crippen molar-refractivity contribution in [2.45, 2.75) is 20.3 Å². The summed E-state index contributed by atoms with van der Waals surface area (Å²) in [5.41, 5.74) is 4.19. The van der Waals surface area contributed by atoms with E-state index in [0.29, 0.717) is 26.1 Å². The van der Waals surface area contributed by atoms with Gasteiger partial charge in [0, 0.05) is 55.5 Å². The van der Waals surface area contributed by atoms with Crippen LogP contribution < -0.4 is 9.80 Å². The third kappa shape index (κ3) is 4.10. The van der Waals surface area contributed by atoms with Gasteiger partial charge in [-0.05, 0) is 49.2 Å². The Morgan fingerprint density at radius 3 is 2.52 bits per heavy atom. The second-order valence-corrected chi connectivity index (χ2v) is 8.42. The van der Waals surface area contributed by atoms with Crippen LogP contribution in [0.1, 0.15) is 17.5 Å². The molecular weight excluding hydrogens is 386 g/mol. The summed E-state index contributed by atoms with van der Waals surface area (Å²) in [5.74, 6) is -0.133. The number of rotatable bonds is 3. The van der Waals surface area contributed by atoms with Gasteiger partial charge >= 0.3 is 0 Å². The molecule has 0 spiro atoms. The first-order valence-corrected chi connectivity index (χ1v) is 10.5. The number of amides is 2. The molecule has 0 aromatic heterocycles. The summed E-state index contributed by atoms with van der Waals surface area (Å²) in [5, 5.41) is 0.719. The second-order valence-electron chi connectivity index (χ2n) is 7.99. The van der Waals surface area contributed by atoms with Crippen LogP contribution in [0, 0.1) is 19.8 Å². The number of nitrogens with zero attached hydrogens (tertiary/aromatic N) is 3. The van der Waals surface area contributed by atoms with Crippen molar-refractivity contribution in [3.05, 3.63) is 58.6 Å². The maximum absolute atomic E-state index is 13.1. The van der Waals surface area contributed by atoms with Gasteiger partial charge in [0.05, 0.1) is 5.92 Å². The highest BCUT2D eigenvalue weighted by atomic mass is 35.5. The minimum absolute atomic E-state index is 0.0367. The molecule has 2 aromatic carbocycles. The van der Waals surface area contributed by atoms with Crippen molar-refractivity contribution in [3.8, 4) is 0 Å². The molecule has 0 N–H and O–H groups in total. The van der Waals surface area contributed by atoms with Gasteiger partial charge in [-0.3, -0.25) is 9.59 Å². The summed E-state index contributed by atoms with van der Waals surface area (Å²) in [6.45, 7) is 7.37. The molecule has 0 radical (unpaired) electrons. The van der Waals surface area contributed by atoms with Gasteiger partial charge in [0.15, 0.2) is 0 Å². The van der Waals surface area contributed by atoms with Crippen LogP contribution in [-0.2, 0) is 9.59 Å². The normalized spacial score (nSPS) is 19.8. The average Bonchev–Trinajstić information content (AvgIpc) is 3.11. The van der Waals surface area contributed by atoms with E-state index in [-0.39, 0.29) is 17.7 Å². The van der Waals surface area contributed by atoms with Crippen LogP contribution in [-0.4, -0.2) is 49.4 Å². The highest BCUT2D eigenvalue weighted by molar-refractivity contribution is 6.30. The summed E-state index contributed by atoms with van der Waals surface area (Å²) < 4.78 is 0. The molecule has 2 amide bonds. The molecule has 5 nitrogen and oxygen atoms in total. The fourth-order valence-corrected chi connectivity index (χ4v) is 4.42. The number of carbonyl (C=O) groups excluding carboxylic acids is 2. The van der Waals surface area contributed by atoms with Crippen molar-refractivity contribution in [1.82, 2.24) is 4.90 Å². The van der Waals surface area contributed by atoms with E-state index in [1.807, 2.05) is 61.2 Å². The van der Waals surface area contributed by atoms with Crippen molar-refractivity contribution in [2.24, 2.45) is 5.92 Å². The van der Waals surface area contributed by atoms with E-state index in [9.17, 15) is 9.59 Å². The SMILES string of the molecule is Cc1ccc(C)c(N2CC(C(=O)N3CCN(c4cccc(Cl)c4)CC3)CC2=O)c1. The number of anilines is 2. The smallest absolute Gasteiger partial charge is 0.228 e. The molecule has 29 heavy (non-hydrogen) atoms. The number of halogens is 1. The summed E-state index contributed by atoms with van der Waals surface area (Å²) in [6.07, 6.45) is 0.292. The molecule has 2 aliphatic heterocycles. The molecule has 6 heteroatoms. The van der Waals surface area contributed by atoms with E-state index >= 15 is 0 Å². The Morgan fingerprint density at radius 1 is 1.03 bits per heavy atom. The first kappa shape index (κ1) is 19.8. The molecule has 2 fully saturated rings. The van der Waals surface area contributed by atoms with Crippen LogP contribution in [0.4, 0.5) is 11.4 Å². The monoisotopic (exact) mass is 411 g/mol. The molecule has 1 atom stereocenters. The van der Waals surface area contributed by atoms with Gasteiger partial charge < -0.3 is 14.7 Å². The maximum Gasteiger partial charge on any atom is 0.228 e. The predicted molar refractivity (Wildman–Crippen MR) is 117 cm³/mol. The Kier molecular flexibility index (Phi) is 5.50. The lowest BCUT2D eigenvalue weighted by Gasteiger charge is -2.37. The maximum atomic E-state index is 13.1. The molecule has 0 aliphatic carbocycles. The van der Waals surface area contributed by atoms with E-state index in [1.165, 1.54) is 0 Å². The molecule has 0 saturated carbocycles. The lowest BCUT2D eigenvalue weighted by molar-refractivity contribution is -0.136. The van der Waals surface area contributed by atoms with Gasteiger partial charge in [0.25, 0.3) is 0 Å². The predicted octanol–water partition coefficient (Wildman–Crippen LogP) is 3.66. The molecule has 2 heterocycles. The van der Waals surface area contributed by atoms with Crippen LogP contribution in [0.5, 0.6) is 0 Å². The Balaban J connectivity index is 1.39. The summed E-state index contributed by atoms with van der Waals surface area (Å²) in [7, 11) is 0. The number of benzene rings is 2. The number of carbonyl (C=O) groups is 2. The van der Waals surface area contributed by atoms with Crippen molar-refractivity contribution >= 4 is 34.8 Å². The zero-order valence-electron chi connectivity index (χ0n) is 16.9. The van der Waals surface area contributed by atoms with Crippen LogP contribution in [0.15, 0.2) is 42.5 Å². The van der Waals surface area contributed by atoms with E-state index in [2.05, 4.69) is 4.90 Å². The lowest BCUT2D eigenvalue weighted by Crippen LogP contribution is -2.50. The second kappa shape index (κ2) is 8.07. The quantitative estimate of drug-likeness (QED) is 0.774. The highest BCUT2D eigenvalue weighted by Gasteiger charge is 2.38. The molecule has 1 unspecified atom stereocenters. The highest BCUT2D eigenvalue weighted by Crippen LogP contribution is 2.30. The molecule has 4 rings (SSSR count). The van der Waals surface area contributed by atoms with Crippen molar-refractivity contribution < 1.29 is 9.59 Å². The van der Waals surface area contributed by atoms with Crippen LogP contribution in [0.3, 0.4) is 0 Å². The molecule has 2 saturated heterocycles. The van der Waals surface area contributed by atoms with Gasteiger partial charge in [0.2, 0.25) is 11.8 Å². The number of hydrogen-bond acceptors (Lipinski definition) is 3. The van der Waals surface area contributed by atoms with E-state index in [0.717, 1.165) is 40.6 Å². The minimum Gasteiger partial charge on any atom is -0.368 e. The molecular formula is C23H26ClN3O2. The average molecular weight is 412 g/mol. The van der Waals surface area contributed by atoms with Gasteiger partial charge in [-0.2, -0.15) is 0 Å². The van der Waals surface area contributed by atoms with E-state index in [1.54, 1.807) is 4.90 Å². The van der Waals surface area contributed by atoms with Gasteiger partial charge in [-0.15, -0.1) is 0 Å². The van der Waals surface area contributed by atoms with Crippen molar-refractivity contribution in [1.29, 1.82) is 0 Å². The standard InChI is InChI=1S/C23H26ClN3O2/c1-16-6-7-17(2)21(12-16)27-15-18(13-22(27)28)23(29)26-10-8-25(9-11-26)20-5-3-4-19(24)14-20/h3-7,12,14,18H,8-11,13,15H2,1-2H3. The zero-order chi connectivity index (χ0) is 20.5. The Labute approximate surface area is 176 Å². The van der Waals surface area contributed by atoms with Crippen molar-refractivity contribution in [3.63, 3.8) is 0 Å². The van der Waals surface area contributed by atoms with Gasteiger partial charge in [-0.25, -0.2) is 0 Å². The first-order chi connectivity index (χ1) is 13.9. The number of hydrogen-bond donors (Lipinski definition) is 0. The van der Waals surface area contributed by atoms with E-state index < -0.39 is 0 Å². The van der Waals surface area contributed by atoms with Gasteiger partial charge in [0.1, 0.15) is 0 Å². The summed E-state index contributed by atoms with van der Waals surface area (Å²) >= 11 is 6.10.